The lowest BCUT2D eigenvalue weighted by atomic mass is 10.1. The second-order valence-corrected chi connectivity index (χ2v) is 3.51. The normalized spacial score (nSPS) is 26.8. The Balaban J connectivity index is 2.48. The lowest BCUT2D eigenvalue weighted by Gasteiger charge is -2.14. The van der Waals surface area contributed by atoms with Crippen LogP contribution in [0, 0.1) is 0 Å². The molecule has 1 heterocycles. The maximum absolute atomic E-state index is 10.8. The smallest absolute Gasteiger partial charge is 0.407 e. The van der Waals surface area contributed by atoms with Gasteiger partial charge in [0.05, 0.1) is 11.9 Å². The summed E-state index contributed by atoms with van der Waals surface area (Å²) in [5.41, 5.74) is 0.868. The minimum absolute atomic E-state index is 0.0868. The number of alkyl halides is 2. The molecule has 1 rings (SSSR count). The maximum Gasteiger partial charge on any atom is 0.407 e. The zero-order valence-electron chi connectivity index (χ0n) is 7.06. The van der Waals surface area contributed by atoms with Crippen molar-refractivity contribution in [3.05, 3.63) is 12.2 Å². The highest BCUT2D eigenvalue weighted by atomic mass is 35.5. The molecule has 0 bridgehead atoms. The summed E-state index contributed by atoms with van der Waals surface area (Å²) >= 11 is 11.2. The number of carbonyl (C=O) groups is 1. The molecular formula is C8H11Cl2NO2. The molecule has 1 aliphatic rings. The molecule has 13 heavy (non-hydrogen) atoms. The zero-order chi connectivity index (χ0) is 9.84. The fourth-order valence-corrected chi connectivity index (χ4v) is 1.57. The Bertz CT molecular complexity index is 220. The van der Waals surface area contributed by atoms with Gasteiger partial charge in [0.2, 0.25) is 0 Å². The van der Waals surface area contributed by atoms with Crippen molar-refractivity contribution in [2.75, 3.05) is 11.8 Å². The quantitative estimate of drug-likeness (QED) is 0.584. The third-order valence-electron chi connectivity index (χ3n) is 1.86. The van der Waals surface area contributed by atoms with Crippen LogP contribution < -0.4 is 5.32 Å². The van der Waals surface area contributed by atoms with E-state index in [0.717, 1.165) is 5.57 Å². The molecule has 1 amide bonds. The summed E-state index contributed by atoms with van der Waals surface area (Å²) < 4.78 is 4.90. The van der Waals surface area contributed by atoms with Crippen molar-refractivity contribution in [3.8, 4) is 0 Å². The van der Waals surface area contributed by atoms with E-state index in [1.54, 1.807) is 0 Å². The van der Waals surface area contributed by atoms with Gasteiger partial charge in [0, 0.05) is 5.88 Å². The first-order chi connectivity index (χ1) is 6.17. The minimum Gasteiger partial charge on any atom is -0.443 e. The molecule has 1 saturated heterocycles. The summed E-state index contributed by atoms with van der Waals surface area (Å²) in [6.07, 6.45) is -0.0701. The SMILES string of the molecule is C=C(CCl)C[C@H]1NC(=O)O[C@@H]1CCl. The zero-order valence-corrected chi connectivity index (χ0v) is 8.57. The predicted octanol–water partition coefficient (Wildman–Crippen LogP) is 1.89. The number of alkyl carbamates (subject to hydrolysis) is 1. The molecule has 0 saturated carbocycles. The van der Waals surface area contributed by atoms with Gasteiger partial charge < -0.3 is 10.1 Å². The summed E-state index contributed by atoms with van der Waals surface area (Å²) in [5, 5.41) is 2.66. The molecule has 1 fully saturated rings. The van der Waals surface area contributed by atoms with Gasteiger partial charge in [-0.05, 0) is 6.42 Å². The van der Waals surface area contributed by atoms with E-state index in [-0.39, 0.29) is 12.1 Å². The summed E-state index contributed by atoms with van der Waals surface area (Å²) in [6.45, 7) is 3.75. The van der Waals surface area contributed by atoms with Crippen LogP contribution in [0.4, 0.5) is 4.79 Å². The lowest BCUT2D eigenvalue weighted by molar-refractivity contribution is 0.142. The molecule has 0 spiro atoms. The van der Waals surface area contributed by atoms with Crippen molar-refractivity contribution in [3.63, 3.8) is 0 Å². The molecule has 3 nitrogen and oxygen atoms in total. The highest BCUT2D eigenvalue weighted by Gasteiger charge is 2.33. The van der Waals surface area contributed by atoms with Gasteiger partial charge in [-0.25, -0.2) is 4.79 Å². The van der Waals surface area contributed by atoms with Crippen molar-refractivity contribution in [2.24, 2.45) is 0 Å². The Kier molecular flexibility index (Phi) is 3.88. The Labute approximate surface area is 87.0 Å². The molecule has 0 radical (unpaired) electrons. The van der Waals surface area contributed by atoms with Crippen molar-refractivity contribution in [1.29, 1.82) is 0 Å². The van der Waals surface area contributed by atoms with Crippen molar-refractivity contribution in [2.45, 2.75) is 18.6 Å². The van der Waals surface area contributed by atoms with E-state index in [2.05, 4.69) is 11.9 Å². The van der Waals surface area contributed by atoms with E-state index in [0.29, 0.717) is 18.2 Å². The van der Waals surface area contributed by atoms with Crippen LogP contribution in [-0.4, -0.2) is 30.0 Å². The Morgan fingerprint density at radius 3 is 2.85 bits per heavy atom. The molecule has 74 valence electrons. The van der Waals surface area contributed by atoms with Crippen LogP contribution in [0.2, 0.25) is 0 Å². The van der Waals surface area contributed by atoms with Gasteiger partial charge in [-0.1, -0.05) is 12.2 Å². The van der Waals surface area contributed by atoms with Crippen LogP contribution >= 0.6 is 23.2 Å². The van der Waals surface area contributed by atoms with Crippen LogP contribution in [0.15, 0.2) is 12.2 Å². The third-order valence-corrected chi connectivity index (χ3v) is 2.54. The fourth-order valence-electron chi connectivity index (χ4n) is 1.19. The Morgan fingerprint density at radius 2 is 2.31 bits per heavy atom. The summed E-state index contributed by atoms with van der Waals surface area (Å²) in [4.78, 5) is 10.8. The number of rotatable bonds is 4. The standard InChI is InChI=1S/C8H11Cl2NO2/c1-5(3-9)2-6-7(4-10)13-8(12)11-6/h6-7H,1-4H2,(H,11,12)/t6-,7-/m1/s1. The van der Waals surface area contributed by atoms with Gasteiger partial charge in [0.1, 0.15) is 6.10 Å². The third kappa shape index (κ3) is 2.78. The number of hydrogen-bond donors (Lipinski definition) is 1. The summed E-state index contributed by atoms with van der Waals surface area (Å²) in [5.74, 6) is 0.681. The number of cyclic esters (lactones) is 1. The largest absolute Gasteiger partial charge is 0.443 e. The van der Waals surface area contributed by atoms with Crippen LogP contribution in [0.25, 0.3) is 0 Å². The second kappa shape index (κ2) is 4.72. The first kappa shape index (κ1) is 10.7. The van der Waals surface area contributed by atoms with E-state index in [9.17, 15) is 4.79 Å². The highest BCUT2D eigenvalue weighted by molar-refractivity contribution is 6.19. The maximum atomic E-state index is 10.8. The number of carbonyl (C=O) groups excluding carboxylic acids is 1. The molecule has 5 heteroatoms. The number of amides is 1. The first-order valence-corrected chi connectivity index (χ1v) is 5.00. The summed E-state index contributed by atoms with van der Waals surface area (Å²) in [6, 6.07) is -0.0868. The van der Waals surface area contributed by atoms with E-state index in [4.69, 9.17) is 27.9 Å². The average Bonchev–Trinajstić information content (AvgIpc) is 2.46. The molecule has 0 aromatic carbocycles. The lowest BCUT2D eigenvalue weighted by Crippen LogP contribution is -2.32. The number of ether oxygens (including phenoxy) is 1. The van der Waals surface area contributed by atoms with Crippen LogP contribution in [0.5, 0.6) is 0 Å². The second-order valence-electron chi connectivity index (χ2n) is 2.94. The van der Waals surface area contributed by atoms with Gasteiger partial charge >= 0.3 is 6.09 Å². The fraction of sp³-hybridized carbons (Fsp3) is 0.625. The molecular weight excluding hydrogens is 213 g/mol. The van der Waals surface area contributed by atoms with Crippen LogP contribution in [-0.2, 0) is 4.74 Å². The van der Waals surface area contributed by atoms with E-state index in [1.807, 2.05) is 0 Å². The molecule has 0 aliphatic carbocycles. The van der Waals surface area contributed by atoms with Gasteiger partial charge in [-0.15, -0.1) is 23.2 Å². The molecule has 0 aromatic heterocycles. The Morgan fingerprint density at radius 1 is 1.62 bits per heavy atom. The Hall–Kier alpha value is -0.410. The molecule has 0 unspecified atom stereocenters. The highest BCUT2D eigenvalue weighted by Crippen LogP contribution is 2.17. The van der Waals surface area contributed by atoms with E-state index >= 15 is 0 Å². The monoisotopic (exact) mass is 223 g/mol. The van der Waals surface area contributed by atoms with E-state index < -0.39 is 6.09 Å². The number of hydrogen-bond acceptors (Lipinski definition) is 2. The first-order valence-electron chi connectivity index (χ1n) is 3.93. The van der Waals surface area contributed by atoms with Crippen LogP contribution in [0.1, 0.15) is 6.42 Å². The average molecular weight is 224 g/mol. The van der Waals surface area contributed by atoms with Gasteiger partial charge in [0.25, 0.3) is 0 Å². The summed E-state index contributed by atoms with van der Waals surface area (Å²) in [7, 11) is 0. The minimum atomic E-state index is -0.418. The molecule has 1 aliphatic heterocycles. The predicted molar refractivity (Wildman–Crippen MR) is 52.4 cm³/mol. The van der Waals surface area contributed by atoms with Crippen LogP contribution in [0.3, 0.4) is 0 Å². The van der Waals surface area contributed by atoms with E-state index in [1.165, 1.54) is 0 Å². The van der Waals surface area contributed by atoms with Gasteiger partial charge in [-0.3, -0.25) is 0 Å². The van der Waals surface area contributed by atoms with Crippen molar-refractivity contribution in [1.82, 2.24) is 5.32 Å². The van der Waals surface area contributed by atoms with Crippen molar-refractivity contribution < 1.29 is 9.53 Å². The number of nitrogens with one attached hydrogen (secondary N) is 1. The molecule has 2 atom stereocenters. The topological polar surface area (TPSA) is 38.3 Å². The molecule has 1 N–H and O–H groups in total. The number of halogens is 2. The molecule has 0 aromatic rings. The van der Waals surface area contributed by atoms with Gasteiger partial charge in [0.15, 0.2) is 0 Å². The van der Waals surface area contributed by atoms with Gasteiger partial charge in [-0.2, -0.15) is 0 Å². The van der Waals surface area contributed by atoms with Crippen molar-refractivity contribution >= 4 is 29.3 Å².